The summed E-state index contributed by atoms with van der Waals surface area (Å²) in [6, 6.07) is 13.5. The number of carbonyl (C=O) groups excluding carboxylic acids is 1. The van der Waals surface area contributed by atoms with Crippen molar-refractivity contribution in [3.8, 4) is 22.4 Å². The summed E-state index contributed by atoms with van der Waals surface area (Å²) in [5.41, 5.74) is 10.7. The van der Waals surface area contributed by atoms with E-state index in [2.05, 4.69) is 30.7 Å². The Balaban J connectivity index is 1.29. The Hall–Kier alpha value is -4.72. The summed E-state index contributed by atoms with van der Waals surface area (Å²) in [6.45, 7) is 0. The van der Waals surface area contributed by atoms with Crippen LogP contribution in [0.15, 0.2) is 59.8 Å². The van der Waals surface area contributed by atoms with Gasteiger partial charge < -0.3 is 10.6 Å². The number of amides is 1. The Labute approximate surface area is 234 Å². The summed E-state index contributed by atoms with van der Waals surface area (Å²) in [5, 5.41) is 17.9. The molecule has 0 radical (unpaired) electrons. The first-order valence-corrected chi connectivity index (χ1v) is 15.1. The van der Waals surface area contributed by atoms with E-state index in [1.807, 2.05) is 47.4 Å². The smallest absolute Gasteiger partial charge is 0.295 e. The number of nitrogens with two attached hydrogens (primary N) is 1. The van der Waals surface area contributed by atoms with Crippen LogP contribution >= 0.6 is 0 Å². The SMILES string of the molecule is CS(=O)(=O)c1c(C2CC3CCC(C2)N3C(=O)c2nn[nH]n2)nc2c(-c3ccc(-c4ccccc4)nc3)cnn2c1N. The number of carbonyl (C=O) groups is 1. The molecular weight excluding hydrogens is 544 g/mol. The van der Waals surface area contributed by atoms with Crippen molar-refractivity contribution in [2.75, 3.05) is 12.0 Å². The molecule has 2 aliphatic heterocycles. The predicted octanol–water partition coefficient (Wildman–Crippen LogP) is 2.51. The molecule has 0 spiro atoms. The van der Waals surface area contributed by atoms with Crippen molar-refractivity contribution in [3.05, 3.63) is 66.4 Å². The molecule has 3 N–H and O–H groups in total. The molecule has 1 amide bonds. The lowest BCUT2D eigenvalue weighted by atomic mass is 9.87. The molecule has 1 aromatic carbocycles. The Kier molecular flexibility index (Phi) is 5.81. The number of tetrazole rings is 1. The van der Waals surface area contributed by atoms with Gasteiger partial charge in [-0.25, -0.2) is 13.4 Å². The molecule has 41 heavy (non-hydrogen) atoms. The van der Waals surface area contributed by atoms with Crippen molar-refractivity contribution in [2.45, 2.75) is 48.6 Å². The van der Waals surface area contributed by atoms with Crippen LogP contribution in [0.4, 0.5) is 5.82 Å². The second-order valence-corrected chi connectivity index (χ2v) is 12.5. The van der Waals surface area contributed by atoms with Crippen LogP contribution in [0.3, 0.4) is 0 Å². The third kappa shape index (κ3) is 4.22. The van der Waals surface area contributed by atoms with Crippen molar-refractivity contribution < 1.29 is 13.2 Å². The monoisotopic (exact) mass is 570 g/mol. The highest BCUT2D eigenvalue weighted by Crippen LogP contribution is 2.45. The molecule has 2 unspecified atom stereocenters. The maximum atomic E-state index is 13.1. The highest BCUT2D eigenvalue weighted by atomic mass is 32.2. The number of piperidine rings is 1. The summed E-state index contributed by atoms with van der Waals surface area (Å²) in [5.74, 6) is -0.456. The number of nitrogens with one attached hydrogen (secondary N) is 1. The molecular formula is C27H26N10O3S. The quantitative estimate of drug-likeness (QED) is 0.319. The van der Waals surface area contributed by atoms with Crippen molar-refractivity contribution in [1.82, 2.24) is 45.1 Å². The number of sulfone groups is 1. The third-order valence-corrected chi connectivity index (χ3v) is 9.23. The molecule has 2 aliphatic rings. The summed E-state index contributed by atoms with van der Waals surface area (Å²) in [4.78, 5) is 24.5. The summed E-state index contributed by atoms with van der Waals surface area (Å²) < 4.78 is 27.5. The van der Waals surface area contributed by atoms with Crippen molar-refractivity contribution in [2.24, 2.45) is 0 Å². The van der Waals surface area contributed by atoms with Crippen LogP contribution in [0.1, 0.15) is 47.9 Å². The summed E-state index contributed by atoms with van der Waals surface area (Å²) in [7, 11) is -3.75. The summed E-state index contributed by atoms with van der Waals surface area (Å²) in [6.07, 6.45) is 7.20. The van der Waals surface area contributed by atoms with E-state index in [1.165, 1.54) is 4.52 Å². The lowest BCUT2D eigenvalue weighted by Gasteiger charge is -2.38. The second-order valence-electron chi connectivity index (χ2n) is 10.6. The molecule has 5 aromatic rings. The number of rotatable bonds is 5. The van der Waals surface area contributed by atoms with E-state index in [0.29, 0.717) is 29.7 Å². The first-order chi connectivity index (χ1) is 19.8. The van der Waals surface area contributed by atoms with Crippen LogP contribution < -0.4 is 5.73 Å². The van der Waals surface area contributed by atoms with Gasteiger partial charge in [0.2, 0.25) is 0 Å². The van der Waals surface area contributed by atoms with Crippen LogP contribution in [0.2, 0.25) is 0 Å². The molecule has 2 saturated heterocycles. The van der Waals surface area contributed by atoms with E-state index in [0.717, 1.165) is 35.9 Å². The lowest BCUT2D eigenvalue weighted by molar-refractivity contribution is 0.0555. The van der Waals surface area contributed by atoms with Crippen LogP contribution in [-0.4, -0.2) is 77.8 Å². The number of hydrogen-bond acceptors (Lipinski definition) is 10. The van der Waals surface area contributed by atoms with Gasteiger partial charge in [0.1, 0.15) is 10.7 Å². The first-order valence-electron chi connectivity index (χ1n) is 13.2. The van der Waals surface area contributed by atoms with E-state index in [4.69, 9.17) is 10.7 Å². The Morgan fingerprint density at radius 2 is 1.78 bits per heavy atom. The Morgan fingerprint density at radius 1 is 1.02 bits per heavy atom. The number of fused-ring (bicyclic) bond motifs is 3. The highest BCUT2D eigenvalue weighted by molar-refractivity contribution is 7.91. The van der Waals surface area contributed by atoms with E-state index >= 15 is 0 Å². The number of anilines is 1. The third-order valence-electron chi connectivity index (χ3n) is 8.07. The minimum atomic E-state index is -3.75. The van der Waals surface area contributed by atoms with Crippen molar-refractivity contribution >= 4 is 27.2 Å². The number of aromatic nitrogens is 8. The standard InChI is InChI=1S/C27H26N10O3S/c1-41(39,40)23-22(17-11-18-8-9-19(12-17)36(18)27(38)25-32-34-35-33-25)31-26-20(14-30-37(26)24(23)28)16-7-10-21(29-13-16)15-5-3-2-4-6-15/h2-7,10,13-14,17-19H,8-9,11-12,28H2,1H3,(H,32,33,34,35). The minimum Gasteiger partial charge on any atom is -0.382 e. The normalized spacial score (nSPS) is 20.5. The van der Waals surface area contributed by atoms with Gasteiger partial charge in [-0.15, -0.1) is 10.2 Å². The molecule has 14 heteroatoms. The number of hydrogen-bond donors (Lipinski definition) is 2. The van der Waals surface area contributed by atoms with Crippen LogP contribution in [0, 0.1) is 0 Å². The zero-order valence-corrected chi connectivity index (χ0v) is 22.9. The van der Waals surface area contributed by atoms with Crippen LogP contribution in [0.5, 0.6) is 0 Å². The summed E-state index contributed by atoms with van der Waals surface area (Å²) >= 11 is 0. The van der Waals surface area contributed by atoms with Crippen molar-refractivity contribution in [3.63, 3.8) is 0 Å². The number of aromatic amines is 1. The fourth-order valence-corrected chi connectivity index (χ4v) is 7.37. The maximum Gasteiger partial charge on any atom is 0.295 e. The largest absolute Gasteiger partial charge is 0.382 e. The molecule has 7 rings (SSSR count). The van der Waals surface area contributed by atoms with Crippen LogP contribution in [0.25, 0.3) is 28.0 Å². The molecule has 2 bridgehead atoms. The molecule has 0 aliphatic carbocycles. The van der Waals surface area contributed by atoms with Gasteiger partial charge in [-0.05, 0) is 37.0 Å². The van der Waals surface area contributed by atoms with E-state index < -0.39 is 9.84 Å². The van der Waals surface area contributed by atoms with Gasteiger partial charge in [-0.1, -0.05) is 36.4 Å². The topological polar surface area (TPSA) is 178 Å². The lowest BCUT2D eigenvalue weighted by Crippen LogP contribution is -2.46. The van der Waals surface area contributed by atoms with Gasteiger partial charge in [0, 0.05) is 47.1 Å². The molecule has 208 valence electrons. The average molecular weight is 571 g/mol. The molecule has 4 aromatic heterocycles. The van der Waals surface area contributed by atoms with E-state index in [-0.39, 0.29) is 40.4 Å². The average Bonchev–Trinajstić information content (AvgIpc) is 3.71. The zero-order chi connectivity index (χ0) is 28.3. The second kappa shape index (κ2) is 9.44. The highest BCUT2D eigenvalue weighted by Gasteiger charge is 2.46. The molecule has 2 fully saturated rings. The van der Waals surface area contributed by atoms with E-state index in [9.17, 15) is 13.2 Å². The zero-order valence-electron chi connectivity index (χ0n) is 22.0. The van der Waals surface area contributed by atoms with Gasteiger partial charge in [0.25, 0.3) is 11.7 Å². The predicted molar refractivity (Wildman–Crippen MR) is 148 cm³/mol. The van der Waals surface area contributed by atoms with Crippen LogP contribution in [-0.2, 0) is 9.84 Å². The van der Waals surface area contributed by atoms with E-state index in [1.54, 1.807) is 12.4 Å². The van der Waals surface area contributed by atoms with Gasteiger partial charge in [0.05, 0.1) is 17.6 Å². The number of nitrogen functional groups attached to an aromatic ring is 1. The number of nitrogens with zero attached hydrogens (tertiary/aromatic N) is 8. The molecule has 13 nitrogen and oxygen atoms in total. The first kappa shape index (κ1) is 25.3. The Morgan fingerprint density at radius 3 is 2.41 bits per heavy atom. The van der Waals surface area contributed by atoms with Gasteiger partial charge in [-0.2, -0.15) is 14.8 Å². The van der Waals surface area contributed by atoms with Gasteiger partial charge in [0.15, 0.2) is 15.5 Å². The fourth-order valence-electron chi connectivity index (χ4n) is 6.31. The molecule has 0 saturated carbocycles. The number of H-pyrrole nitrogens is 1. The number of pyridine rings is 1. The van der Waals surface area contributed by atoms with Gasteiger partial charge >= 0.3 is 0 Å². The molecule has 2 atom stereocenters. The molecule has 6 heterocycles. The maximum absolute atomic E-state index is 13.1. The van der Waals surface area contributed by atoms with Crippen molar-refractivity contribution in [1.29, 1.82) is 0 Å². The Bertz CT molecular complexity index is 1860. The van der Waals surface area contributed by atoms with Gasteiger partial charge in [-0.3, -0.25) is 9.78 Å². The fraction of sp³-hybridized carbons (Fsp3) is 0.296. The number of benzene rings is 1. The minimum absolute atomic E-state index is 0.0143.